The van der Waals surface area contributed by atoms with Crippen LogP contribution in [0.3, 0.4) is 0 Å². The van der Waals surface area contributed by atoms with Crippen molar-refractivity contribution >= 4 is 23.9 Å². The van der Waals surface area contributed by atoms with Gasteiger partial charge >= 0.3 is 23.9 Å². The van der Waals surface area contributed by atoms with Crippen LogP contribution in [0.15, 0.2) is 18.2 Å². The molecule has 1 rings (SSSR count). The fourth-order valence-corrected chi connectivity index (χ4v) is 3.18. The maximum atomic E-state index is 12.6. The van der Waals surface area contributed by atoms with E-state index >= 15 is 0 Å². The highest BCUT2D eigenvalue weighted by molar-refractivity contribution is 5.79. The smallest absolute Gasteiger partial charge is 0.323 e. The predicted octanol–water partition coefficient (Wildman–Crippen LogP) is 4.90. The lowest BCUT2D eigenvalue weighted by atomic mass is 10.1. The molecule has 0 radical (unpaired) electrons. The van der Waals surface area contributed by atoms with Crippen LogP contribution in [-0.4, -0.2) is 42.1 Å². The quantitative estimate of drug-likeness (QED) is 0.178. The van der Waals surface area contributed by atoms with E-state index in [4.69, 9.17) is 24.7 Å². The van der Waals surface area contributed by atoms with Gasteiger partial charge in [0.05, 0.1) is 11.8 Å². The van der Waals surface area contributed by atoms with Crippen molar-refractivity contribution in [2.24, 2.45) is 17.6 Å². The zero-order chi connectivity index (χ0) is 28.8. The number of ether oxygens (including phenoxy) is 4. The van der Waals surface area contributed by atoms with Crippen molar-refractivity contribution in [1.29, 1.82) is 0 Å². The van der Waals surface area contributed by atoms with Gasteiger partial charge in [0.2, 0.25) is 0 Å². The molecule has 2 N–H and O–H groups in total. The Hall–Kier alpha value is -2.94. The van der Waals surface area contributed by atoms with Gasteiger partial charge in [-0.05, 0) is 57.2 Å². The van der Waals surface area contributed by atoms with E-state index in [0.29, 0.717) is 24.8 Å². The molecule has 0 saturated carbocycles. The number of hydrogen-bond acceptors (Lipinski definition) is 9. The highest BCUT2D eigenvalue weighted by atomic mass is 16.6. The number of carbonyl (C=O) groups excluding carboxylic acids is 4. The van der Waals surface area contributed by atoms with Gasteiger partial charge in [-0.25, -0.2) is 0 Å². The van der Waals surface area contributed by atoms with E-state index in [-0.39, 0.29) is 35.7 Å². The average molecular weight is 536 g/mol. The van der Waals surface area contributed by atoms with E-state index < -0.39 is 36.2 Å². The number of carbonyl (C=O) groups is 4. The second kappa shape index (κ2) is 16.8. The van der Waals surface area contributed by atoms with Gasteiger partial charge in [-0.3, -0.25) is 19.2 Å². The maximum Gasteiger partial charge on any atom is 0.323 e. The molecule has 9 nitrogen and oxygen atoms in total. The fourth-order valence-electron chi connectivity index (χ4n) is 3.18. The molecule has 0 saturated heterocycles. The second-order valence-electron chi connectivity index (χ2n) is 9.85. The maximum absolute atomic E-state index is 12.6. The normalized spacial score (nSPS) is 14.9. The molecule has 0 spiro atoms. The predicted molar refractivity (Wildman–Crippen MR) is 144 cm³/mol. The average Bonchev–Trinajstić information content (AvgIpc) is 2.88. The summed E-state index contributed by atoms with van der Waals surface area (Å²) in [5.74, 6) is -2.34. The lowest BCUT2D eigenvalue weighted by Crippen LogP contribution is -2.39. The van der Waals surface area contributed by atoms with Crippen LogP contribution in [0.2, 0.25) is 0 Å². The molecule has 0 heterocycles. The minimum Gasteiger partial charge on any atom is -0.459 e. The number of hydrogen-bond donors (Lipinski definition) is 1. The summed E-state index contributed by atoms with van der Waals surface area (Å²) >= 11 is 0. The van der Waals surface area contributed by atoms with Gasteiger partial charge in [-0.2, -0.15) is 0 Å². The van der Waals surface area contributed by atoms with E-state index in [0.717, 1.165) is 19.3 Å². The zero-order valence-corrected chi connectivity index (χ0v) is 23.9. The molecule has 0 bridgehead atoms. The number of benzene rings is 1. The summed E-state index contributed by atoms with van der Waals surface area (Å²) in [5.41, 5.74) is 6.69. The fraction of sp³-hybridized carbons (Fsp3) is 0.655. The molecular weight excluding hydrogens is 490 g/mol. The van der Waals surface area contributed by atoms with Crippen molar-refractivity contribution in [2.45, 2.75) is 112 Å². The lowest BCUT2D eigenvalue weighted by Gasteiger charge is -2.22. The van der Waals surface area contributed by atoms with Crippen LogP contribution in [-0.2, 0) is 35.1 Å². The standard InChI is InChI=1S/C29H45NO8/c1-8-11-12-13-26(31)35-20(6)21(7)36-29(34)23(30)16-22-14-15-24(37-27(32)18(4)9-2)25(17-22)38-28(33)19(5)10-3/h14-15,17-21,23H,8-13,16,30H2,1-7H3/t18?,19?,20?,21-,23-/m0/s1. The Morgan fingerprint density at radius 2 is 1.32 bits per heavy atom. The molecule has 1 aromatic rings. The SMILES string of the molecule is CCCCCC(=O)OC(C)[C@H](C)OC(=O)[C@@H](N)Cc1ccc(OC(=O)C(C)CC)c(OC(=O)C(C)CC)c1. The van der Waals surface area contributed by atoms with Crippen LogP contribution in [0.25, 0.3) is 0 Å². The van der Waals surface area contributed by atoms with Crippen molar-refractivity contribution in [3.05, 3.63) is 23.8 Å². The summed E-state index contributed by atoms with van der Waals surface area (Å²) in [5, 5.41) is 0. The molecule has 214 valence electrons. The lowest BCUT2D eigenvalue weighted by molar-refractivity contribution is -0.166. The third-order valence-electron chi connectivity index (χ3n) is 6.48. The van der Waals surface area contributed by atoms with Gasteiger partial charge < -0.3 is 24.7 Å². The van der Waals surface area contributed by atoms with Crippen molar-refractivity contribution in [1.82, 2.24) is 0 Å². The number of esters is 4. The van der Waals surface area contributed by atoms with Crippen LogP contribution in [0.5, 0.6) is 11.5 Å². The first-order chi connectivity index (χ1) is 17.9. The van der Waals surface area contributed by atoms with Crippen molar-refractivity contribution in [2.75, 3.05) is 0 Å². The van der Waals surface area contributed by atoms with Gasteiger partial charge in [-0.1, -0.05) is 53.5 Å². The summed E-state index contributed by atoms with van der Waals surface area (Å²) in [6.45, 7) is 12.6. The van der Waals surface area contributed by atoms with Crippen molar-refractivity contribution in [3.8, 4) is 11.5 Å². The third-order valence-corrected chi connectivity index (χ3v) is 6.48. The third kappa shape index (κ3) is 11.2. The number of nitrogens with two attached hydrogens (primary N) is 1. The molecular formula is C29H45NO8. The van der Waals surface area contributed by atoms with Gasteiger partial charge in [0.1, 0.15) is 18.2 Å². The van der Waals surface area contributed by atoms with Gasteiger partial charge in [0.25, 0.3) is 0 Å². The monoisotopic (exact) mass is 535 g/mol. The molecule has 0 aliphatic carbocycles. The second-order valence-corrected chi connectivity index (χ2v) is 9.85. The number of rotatable bonds is 16. The van der Waals surface area contributed by atoms with E-state index in [1.165, 1.54) is 12.1 Å². The van der Waals surface area contributed by atoms with E-state index in [9.17, 15) is 19.2 Å². The first-order valence-electron chi connectivity index (χ1n) is 13.6. The highest BCUT2D eigenvalue weighted by Gasteiger charge is 2.25. The highest BCUT2D eigenvalue weighted by Crippen LogP contribution is 2.31. The molecule has 0 fully saturated rings. The van der Waals surface area contributed by atoms with Gasteiger partial charge in [-0.15, -0.1) is 0 Å². The van der Waals surface area contributed by atoms with Crippen molar-refractivity contribution < 1.29 is 38.1 Å². The molecule has 0 aliphatic rings. The van der Waals surface area contributed by atoms with Crippen molar-refractivity contribution in [3.63, 3.8) is 0 Å². The Balaban J connectivity index is 2.89. The molecule has 1 aromatic carbocycles. The summed E-state index contributed by atoms with van der Waals surface area (Å²) < 4.78 is 21.8. The summed E-state index contributed by atoms with van der Waals surface area (Å²) in [6, 6.07) is 3.69. The summed E-state index contributed by atoms with van der Waals surface area (Å²) in [4.78, 5) is 49.4. The van der Waals surface area contributed by atoms with Gasteiger partial charge in [0.15, 0.2) is 11.5 Å². The summed E-state index contributed by atoms with van der Waals surface area (Å²) in [7, 11) is 0. The Labute approximate surface area is 226 Å². The first-order valence-corrected chi connectivity index (χ1v) is 13.6. The first kappa shape index (κ1) is 33.1. The minimum atomic E-state index is -1.02. The van der Waals surface area contributed by atoms with Crippen LogP contribution < -0.4 is 15.2 Å². The zero-order valence-electron chi connectivity index (χ0n) is 23.9. The van der Waals surface area contributed by atoms with Crippen LogP contribution in [0.1, 0.15) is 92.6 Å². The Bertz CT molecular complexity index is 931. The molecule has 5 atom stereocenters. The molecule has 38 heavy (non-hydrogen) atoms. The topological polar surface area (TPSA) is 131 Å². The van der Waals surface area contributed by atoms with Crippen LogP contribution in [0, 0.1) is 11.8 Å². The van der Waals surface area contributed by atoms with Gasteiger partial charge in [0, 0.05) is 6.42 Å². The molecule has 9 heteroatoms. The molecule has 0 amide bonds. The van der Waals surface area contributed by atoms with E-state index in [2.05, 4.69) is 6.92 Å². The van der Waals surface area contributed by atoms with Crippen LogP contribution in [0.4, 0.5) is 0 Å². The van der Waals surface area contributed by atoms with Crippen LogP contribution >= 0.6 is 0 Å². The Morgan fingerprint density at radius 3 is 1.87 bits per heavy atom. The summed E-state index contributed by atoms with van der Waals surface area (Å²) in [6.07, 6.45) is 3.00. The number of unbranched alkanes of at least 4 members (excludes halogenated alkanes) is 2. The molecule has 0 aromatic heterocycles. The Kier molecular flexibility index (Phi) is 14.6. The minimum absolute atomic E-state index is 0.0852. The molecule has 0 aliphatic heterocycles. The van der Waals surface area contributed by atoms with E-state index in [1.807, 2.05) is 13.8 Å². The Morgan fingerprint density at radius 1 is 0.763 bits per heavy atom. The van der Waals surface area contributed by atoms with E-state index in [1.54, 1.807) is 33.8 Å². The molecule has 3 unspecified atom stereocenters. The largest absolute Gasteiger partial charge is 0.459 e.